The van der Waals surface area contributed by atoms with Crippen molar-refractivity contribution >= 4 is 17.3 Å². The maximum atomic E-state index is 11.3. The Bertz CT molecular complexity index is 676. The number of thiazole rings is 1. The van der Waals surface area contributed by atoms with Crippen LogP contribution >= 0.6 is 11.3 Å². The third-order valence-corrected chi connectivity index (χ3v) is 4.51. The van der Waals surface area contributed by atoms with E-state index >= 15 is 0 Å². The van der Waals surface area contributed by atoms with Gasteiger partial charge in [-0.15, -0.1) is 11.3 Å². The zero-order chi connectivity index (χ0) is 14.3. The van der Waals surface area contributed by atoms with Crippen LogP contribution in [-0.4, -0.2) is 22.7 Å². The first kappa shape index (κ1) is 13.1. The van der Waals surface area contributed by atoms with Crippen LogP contribution in [0.25, 0.3) is 10.6 Å². The number of carboxylic acids is 1. The lowest BCUT2D eigenvalue weighted by Crippen LogP contribution is -2.28. The van der Waals surface area contributed by atoms with Gasteiger partial charge in [-0.2, -0.15) is 0 Å². The molecule has 0 atom stereocenters. The number of nitrogens with zero attached hydrogens (tertiary/aromatic N) is 1. The number of rotatable bonds is 3. The van der Waals surface area contributed by atoms with Crippen molar-refractivity contribution in [2.24, 2.45) is 0 Å². The fraction of sp³-hybridized carbons (Fsp3) is 0.333. The van der Waals surface area contributed by atoms with Gasteiger partial charge in [0, 0.05) is 17.4 Å². The first-order valence-electron chi connectivity index (χ1n) is 6.44. The van der Waals surface area contributed by atoms with Crippen LogP contribution in [0.3, 0.4) is 0 Å². The van der Waals surface area contributed by atoms with Crippen LogP contribution in [0.4, 0.5) is 0 Å². The van der Waals surface area contributed by atoms with Gasteiger partial charge in [0.25, 0.3) is 0 Å². The van der Waals surface area contributed by atoms with Crippen LogP contribution in [0.1, 0.15) is 25.1 Å². The fourth-order valence-electron chi connectivity index (χ4n) is 2.12. The predicted molar refractivity (Wildman–Crippen MR) is 77.4 cm³/mol. The molecule has 0 fully saturated rings. The first-order chi connectivity index (χ1) is 9.48. The van der Waals surface area contributed by atoms with Crippen molar-refractivity contribution in [1.82, 2.24) is 4.98 Å². The molecule has 1 aromatic heterocycles. The van der Waals surface area contributed by atoms with Gasteiger partial charge in [-0.3, -0.25) is 4.79 Å². The SMILES string of the molecule is CC(C)(C(=O)O)c1csc(-c2ccc3c(c2)CCO3)n1. The van der Waals surface area contributed by atoms with Crippen LogP contribution in [-0.2, 0) is 16.6 Å². The highest BCUT2D eigenvalue weighted by molar-refractivity contribution is 7.13. The predicted octanol–water partition coefficient (Wildman–Crippen LogP) is 3.11. The van der Waals surface area contributed by atoms with Crippen LogP contribution < -0.4 is 4.74 Å². The van der Waals surface area contributed by atoms with Crippen molar-refractivity contribution in [3.63, 3.8) is 0 Å². The molecule has 0 unspecified atom stereocenters. The minimum Gasteiger partial charge on any atom is -0.493 e. The van der Waals surface area contributed by atoms with Gasteiger partial charge in [0.05, 0.1) is 12.3 Å². The van der Waals surface area contributed by atoms with Crippen LogP contribution in [0, 0.1) is 0 Å². The molecule has 0 saturated carbocycles. The molecule has 2 heterocycles. The normalized spacial score (nSPS) is 13.9. The van der Waals surface area contributed by atoms with Crippen molar-refractivity contribution < 1.29 is 14.6 Å². The lowest BCUT2D eigenvalue weighted by Gasteiger charge is -2.15. The van der Waals surface area contributed by atoms with Crippen molar-refractivity contribution in [3.8, 4) is 16.3 Å². The van der Waals surface area contributed by atoms with Gasteiger partial charge in [0.15, 0.2) is 0 Å². The molecule has 1 N–H and O–H groups in total. The average Bonchev–Trinajstić information content (AvgIpc) is 3.06. The summed E-state index contributed by atoms with van der Waals surface area (Å²) in [7, 11) is 0. The molecule has 20 heavy (non-hydrogen) atoms. The number of aromatic nitrogens is 1. The van der Waals surface area contributed by atoms with E-state index in [1.165, 1.54) is 16.9 Å². The molecule has 0 spiro atoms. The molecular weight excluding hydrogens is 274 g/mol. The molecule has 4 nitrogen and oxygen atoms in total. The van der Waals surface area contributed by atoms with E-state index in [4.69, 9.17) is 4.74 Å². The molecule has 0 aliphatic carbocycles. The van der Waals surface area contributed by atoms with E-state index in [1.54, 1.807) is 13.8 Å². The smallest absolute Gasteiger partial charge is 0.315 e. The summed E-state index contributed by atoms with van der Waals surface area (Å²) in [5.74, 6) is 0.0769. The van der Waals surface area contributed by atoms with E-state index < -0.39 is 11.4 Å². The molecule has 0 saturated heterocycles. The Hall–Kier alpha value is -1.88. The van der Waals surface area contributed by atoms with E-state index in [0.29, 0.717) is 5.69 Å². The third-order valence-electron chi connectivity index (χ3n) is 3.62. The summed E-state index contributed by atoms with van der Waals surface area (Å²) < 4.78 is 5.49. The Morgan fingerprint density at radius 1 is 1.45 bits per heavy atom. The summed E-state index contributed by atoms with van der Waals surface area (Å²) in [5, 5.41) is 11.9. The molecule has 1 aliphatic rings. The van der Waals surface area contributed by atoms with Crippen molar-refractivity contribution in [2.45, 2.75) is 25.7 Å². The molecule has 0 bridgehead atoms. The Kier molecular flexibility index (Phi) is 3.01. The number of ether oxygens (including phenoxy) is 1. The topological polar surface area (TPSA) is 59.4 Å². The van der Waals surface area contributed by atoms with E-state index in [2.05, 4.69) is 11.1 Å². The first-order valence-corrected chi connectivity index (χ1v) is 7.32. The Labute approximate surface area is 121 Å². The van der Waals surface area contributed by atoms with Gasteiger partial charge in [0.1, 0.15) is 16.2 Å². The van der Waals surface area contributed by atoms with Crippen molar-refractivity contribution in [2.75, 3.05) is 6.61 Å². The minimum atomic E-state index is -0.964. The second kappa shape index (κ2) is 4.59. The summed E-state index contributed by atoms with van der Waals surface area (Å²) in [4.78, 5) is 15.8. The van der Waals surface area contributed by atoms with Crippen molar-refractivity contribution in [1.29, 1.82) is 0 Å². The van der Waals surface area contributed by atoms with Gasteiger partial charge in [0.2, 0.25) is 0 Å². The molecule has 0 radical (unpaired) electrons. The van der Waals surface area contributed by atoms with Gasteiger partial charge in [-0.1, -0.05) is 0 Å². The lowest BCUT2D eigenvalue weighted by atomic mass is 9.90. The second-order valence-corrected chi connectivity index (χ2v) is 6.25. The van der Waals surface area contributed by atoms with E-state index in [-0.39, 0.29) is 0 Å². The van der Waals surface area contributed by atoms with E-state index in [9.17, 15) is 9.90 Å². The molecule has 1 aromatic carbocycles. The molecule has 104 valence electrons. The number of aliphatic carboxylic acids is 1. The molecule has 1 aliphatic heterocycles. The summed E-state index contributed by atoms with van der Waals surface area (Å²) in [6, 6.07) is 6.01. The molecule has 5 heteroatoms. The minimum absolute atomic E-state index is 0.599. The maximum absolute atomic E-state index is 11.3. The Morgan fingerprint density at radius 2 is 2.25 bits per heavy atom. The Morgan fingerprint density at radius 3 is 3.00 bits per heavy atom. The molecule has 3 rings (SSSR count). The second-order valence-electron chi connectivity index (χ2n) is 5.39. The van der Waals surface area contributed by atoms with Crippen LogP contribution in [0.2, 0.25) is 0 Å². The molecule has 2 aromatic rings. The summed E-state index contributed by atoms with van der Waals surface area (Å²) in [6.07, 6.45) is 0.919. The van der Waals surface area contributed by atoms with Gasteiger partial charge >= 0.3 is 5.97 Å². The lowest BCUT2D eigenvalue weighted by molar-refractivity contribution is -0.142. The summed E-state index contributed by atoms with van der Waals surface area (Å²) in [5.41, 5.74) is 1.85. The van der Waals surface area contributed by atoms with Crippen molar-refractivity contribution in [3.05, 3.63) is 34.8 Å². The maximum Gasteiger partial charge on any atom is 0.315 e. The average molecular weight is 289 g/mol. The highest BCUT2D eigenvalue weighted by Gasteiger charge is 2.32. The molecular formula is C15H15NO3S. The van der Waals surface area contributed by atoms with Gasteiger partial charge in [-0.05, 0) is 37.6 Å². The third kappa shape index (κ3) is 2.08. The van der Waals surface area contributed by atoms with Crippen LogP contribution in [0.15, 0.2) is 23.6 Å². The largest absolute Gasteiger partial charge is 0.493 e. The highest BCUT2D eigenvalue weighted by Crippen LogP contribution is 2.34. The number of fused-ring (bicyclic) bond motifs is 1. The Balaban J connectivity index is 1.96. The number of carboxylic acid groups (broad SMARTS) is 1. The monoisotopic (exact) mass is 289 g/mol. The summed E-state index contributed by atoms with van der Waals surface area (Å²) in [6.45, 7) is 4.07. The zero-order valence-corrected chi connectivity index (χ0v) is 12.2. The molecule has 0 amide bonds. The van der Waals surface area contributed by atoms with Gasteiger partial charge in [-0.25, -0.2) is 4.98 Å². The zero-order valence-electron chi connectivity index (χ0n) is 11.3. The quantitative estimate of drug-likeness (QED) is 0.943. The van der Waals surface area contributed by atoms with Gasteiger partial charge < -0.3 is 9.84 Å². The number of hydrogen-bond donors (Lipinski definition) is 1. The highest BCUT2D eigenvalue weighted by atomic mass is 32.1. The number of hydrogen-bond acceptors (Lipinski definition) is 4. The number of carbonyl (C=O) groups is 1. The standard InChI is InChI=1S/C15H15NO3S/c1-15(2,14(17)18)12-8-20-13(16-12)10-3-4-11-9(7-10)5-6-19-11/h3-4,7-8H,5-6H2,1-2H3,(H,17,18). The fourth-order valence-corrected chi connectivity index (χ4v) is 3.11. The van der Waals surface area contributed by atoms with E-state index in [1.807, 2.05) is 17.5 Å². The summed E-state index contributed by atoms with van der Waals surface area (Å²) >= 11 is 1.48. The van der Waals surface area contributed by atoms with E-state index in [0.717, 1.165) is 29.3 Å². The number of benzene rings is 1. The van der Waals surface area contributed by atoms with Crippen LogP contribution in [0.5, 0.6) is 5.75 Å².